The first-order valence-electron chi connectivity index (χ1n) is 13.5. The highest BCUT2D eigenvalue weighted by Gasteiger charge is 2.37. The average molecular weight is 545 g/mol. The minimum Gasteiger partial charge on any atom is -0.378 e. The first kappa shape index (κ1) is 27.4. The maximum Gasteiger partial charge on any atom is 0.319 e. The van der Waals surface area contributed by atoms with Crippen molar-refractivity contribution in [3.8, 4) is 0 Å². The van der Waals surface area contributed by atoms with Crippen LogP contribution in [0.25, 0.3) is 0 Å². The smallest absolute Gasteiger partial charge is 0.319 e. The number of rotatable bonds is 7. The Hall–Kier alpha value is -4.22. The summed E-state index contributed by atoms with van der Waals surface area (Å²) in [4.78, 5) is 40.4. The van der Waals surface area contributed by atoms with Gasteiger partial charge in [0.1, 0.15) is 11.5 Å². The molecule has 3 N–H and O–H groups in total. The summed E-state index contributed by atoms with van der Waals surface area (Å²) in [7, 11) is 0. The van der Waals surface area contributed by atoms with Crippen LogP contribution >= 0.6 is 0 Å². The Morgan fingerprint density at radius 1 is 1.15 bits per heavy atom. The number of aliphatic imine (C=N–C) groups is 1. The van der Waals surface area contributed by atoms with Crippen LogP contribution in [0, 0.1) is 6.92 Å². The molecule has 0 saturated carbocycles. The molecule has 0 atom stereocenters. The van der Waals surface area contributed by atoms with Gasteiger partial charge >= 0.3 is 11.9 Å². The summed E-state index contributed by atoms with van der Waals surface area (Å²) in [5, 5.41) is 9.39. The normalized spacial score (nSPS) is 17.2. The van der Waals surface area contributed by atoms with E-state index in [2.05, 4.69) is 30.8 Å². The second kappa shape index (κ2) is 11.5. The minimum atomic E-state index is -0.300. The predicted octanol–water partition coefficient (Wildman–Crippen LogP) is 3.93. The monoisotopic (exact) mass is 544 g/mol. The first-order chi connectivity index (χ1) is 19.2. The van der Waals surface area contributed by atoms with Gasteiger partial charge in [-0.15, -0.1) is 0 Å². The summed E-state index contributed by atoms with van der Waals surface area (Å²) in [5.41, 5.74) is 3.63. The van der Waals surface area contributed by atoms with Crippen molar-refractivity contribution in [2.45, 2.75) is 39.7 Å². The van der Waals surface area contributed by atoms with Crippen molar-refractivity contribution >= 4 is 35.0 Å². The van der Waals surface area contributed by atoms with Gasteiger partial charge in [0, 0.05) is 36.7 Å². The van der Waals surface area contributed by atoms with Crippen LogP contribution in [0.4, 0.5) is 22.0 Å². The van der Waals surface area contributed by atoms with Crippen molar-refractivity contribution in [2.75, 3.05) is 48.5 Å². The number of carbonyl (C=O) groups excluding carboxylic acids is 2. The standard InChI is InChI=1S/C29H36N8O3/c1-5-29(3,4)34-28(39)33-22-7-6-8-24(20(22)2)37-18-23(26-30-11-12-36(26)19-37)32-25-10-9-21(17-31-25)27(38)35-13-15-40-16-14-35/h6-12,17-18H,5,13-16,19H2,1-4H3,(H,31,32)(H2,33,34,39)/q+1. The van der Waals surface area contributed by atoms with Crippen LogP contribution in [-0.4, -0.2) is 66.2 Å². The van der Waals surface area contributed by atoms with E-state index in [0.29, 0.717) is 44.4 Å². The Morgan fingerprint density at radius 3 is 2.67 bits per heavy atom. The number of ether oxygens (including phenoxy) is 1. The molecule has 4 heterocycles. The van der Waals surface area contributed by atoms with Crippen LogP contribution in [0.2, 0.25) is 0 Å². The van der Waals surface area contributed by atoms with Gasteiger partial charge in [-0.2, -0.15) is 4.99 Å². The fraction of sp³-hybridized carbons (Fsp3) is 0.379. The van der Waals surface area contributed by atoms with Crippen molar-refractivity contribution in [2.24, 2.45) is 4.99 Å². The lowest BCUT2D eigenvalue weighted by Gasteiger charge is -2.28. The number of pyridine rings is 1. The summed E-state index contributed by atoms with van der Waals surface area (Å²) in [6, 6.07) is 9.20. The summed E-state index contributed by atoms with van der Waals surface area (Å²) in [5.74, 6) is 1.33. The zero-order valence-electron chi connectivity index (χ0n) is 23.4. The van der Waals surface area contributed by atoms with Crippen molar-refractivity contribution in [1.82, 2.24) is 20.1 Å². The number of hydrogen-bond acceptors (Lipinski definition) is 8. The first-order valence-corrected chi connectivity index (χ1v) is 13.5. The molecule has 40 heavy (non-hydrogen) atoms. The highest BCUT2D eigenvalue weighted by Crippen LogP contribution is 2.30. The number of aromatic nitrogens is 1. The van der Waals surface area contributed by atoms with E-state index in [1.54, 1.807) is 29.4 Å². The topological polar surface area (TPSA) is 117 Å². The van der Waals surface area contributed by atoms with Gasteiger partial charge in [0.25, 0.3) is 5.91 Å². The van der Waals surface area contributed by atoms with Gasteiger partial charge in [-0.1, -0.05) is 17.9 Å². The summed E-state index contributed by atoms with van der Waals surface area (Å²) >= 11 is 0. The lowest BCUT2D eigenvalue weighted by molar-refractivity contribution is 0.0302. The molecule has 0 spiro atoms. The second-order valence-electron chi connectivity index (χ2n) is 10.6. The molecule has 2 aromatic rings. The third kappa shape index (κ3) is 6.00. The fourth-order valence-electron chi connectivity index (χ4n) is 4.62. The van der Waals surface area contributed by atoms with Crippen LogP contribution < -0.4 is 25.8 Å². The molecule has 0 bridgehead atoms. The Kier molecular flexibility index (Phi) is 7.85. The molecule has 11 heteroatoms. The molecule has 1 radical (unpaired) electrons. The van der Waals surface area contributed by atoms with Crippen molar-refractivity contribution in [1.29, 1.82) is 0 Å². The number of hydrogen-bond donors (Lipinski definition) is 3. The van der Waals surface area contributed by atoms with Crippen LogP contribution in [-0.2, 0) is 4.74 Å². The molecule has 0 unspecified atom stereocenters. The quantitative estimate of drug-likeness (QED) is 0.455. The highest BCUT2D eigenvalue weighted by molar-refractivity contribution is 6.06. The Morgan fingerprint density at radius 2 is 1.95 bits per heavy atom. The maximum atomic E-state index is 12.8. The Bertz CT molecular complexity index is 1360. The zero-order valence-corrected chi connectivity index (χ0v) is 23.4. The van der Waals surface area contributed by atoms with E-state index in [0.717, 1.165) is 34.9 Å². The van der Waals surface area contributed by atoms with Gasteiger partial charge in [0.05, 0.1) is 30.7 Å². The summed E-state index contributed by atoms with van der Waals surface area (Å²) in [6.07, 6.45) is 8.09. The van der Waals surface area contributed by atoms with E-state index in [9.17, 15) is 9.59 Å². The lowest BCUT2D eigenvalue weighted by atomic mass is 10.0. The maximum absolute atomic E-state index is 12.8. The number of anilines is 3. The van der Waals surface area contributed by atoms with Gasteiger partial charge in [-0.25, -0.2) is 9.78 Å². The zero-order chi connectivity index (χ0) is 28.3. The number of nitrogens with one attached hydrogen (secondary N) is 3. The molecule has 11 nitrogen and oxygen atoms in total. The minimum absolute atomic E-state index is 0.0446. The average Bonchev–Trinajstić information content (AvgIpc) is 3.44. The second-order valence-corrected chi connectivity index (χ2v) is 10.6. The molecule has 3 aliphatic rings. The number of amides is 3. The molecular weight excluding hydrogens is 508 g/mol. The molecule has 1 saturated heterocycles. The highest BCUT2D eigenvalue weighted by atomic mass is 16.5. The summed E-state index contributed by atoms with van der Waals surface area (Å²) in [6.45, 7) is 10.9. The van der Waals surface area contributed by atoms with E-state index in [4.69, 9.17) is 4.74 Å². The van der Waals surface area contributed by atoms with Gasteiger partial charge in [0.2, 0.25) is 6.67 Å². The van der Waals surface area contributed by atoms with Crippen LogP contribution in [0.5, 0.6) is 0 Å². The van der Waals surface area contributed by atoms with E-state index >= 15 is 0 Å². The van der Waals surface area contributed by atoms with Gasteiger partial charge in [0.15, 0.2) is 6.20 Å². The number of nitrogens with zero attached hydrogens (tertiary/aromatic N) is 5. The molecule has 5 rings (SSSR count). The van der Waals surface area contributed by atoms with Crippen LogP contribution in [0.15, 0.2) is 65.8 Å². The third-order valence-corrected chi connectivity index (χ3v) is 7.32. The number of carbonyl (C=O) groups is 2. The van der Waals surface area contributed by atoms with Crippen molar-refractivity contribution in [3.05, 3.63) is 72.0 Å². The molecule has 1 aromatic carbocycles. The third-order valence-electron chi connectivity index (χ3n) is 7.32. The van der Waals surface area contributed by atoms with E-state index < -0.39 is 0 Å². The lowest BCUT2D eigenvalue weighted by Crippen LogP contribution is -2.46. The van der Waals surface area contributed by atoms with E-state index in [1.807, 2.05) is 63.2 Å². The molecule has 1 aromatic heterocycles. The van der Waals surface area contributed by atoms with E-state index in [-0.39, 0.29) is 17.5 Å². The molecule has 1 fully saturated rings. The van der Waals surface area contributed by atoms with Crippen molar-refractivity contribution < 1.29 is 14.3 Å². The summed E-state index contributed by atoms with van der Waals surface area (Å²) < 4.78 is 5.35. The molecule has 3 amide bonds. The number of amidine groups is 1. The SMILES string of the molecule is CCC(C)(C)NC(=O)Nc1cccc(N2C=C(Nc3ccc(C(=O)N4CCOCC4)cn3)C3=NC=C[N+]3C2)c1C. The molecule has 209 valence electrons. The largest absolute Gasteiger partial charge is 0.378 e. The van der Waals surface area contributed by atoms with E-state index in [1.165, 1.54) is 0 Å². The number of benzene rings is 1. The predicted molar refractivity (Wildman–Crippen MR) is 156 cm³/mol. The van der Waals surface area contributed by atoms with Gasteiger partial charge < -0.3 is 25.6 Å². The number of morpholine rings is 1. The van der Waals surface area contributed by atoms with Gasteiger partial charge in [-0.05, 0) is 57.0 Å². The molecule has 3 aliphatic heterocycles. The number of urea groups is 1. The van der Waals surface area contributed by atoms with Crippen molar-refractivity contribution in [3.63, 3.8) is 0 Å². The van der Waals surface area contributed by atoms with Crippen LogP contribution in [0.3, 0.4) is 0 Å². The Balaban J connectivity index is 1.34. The molecule has 0 aliphatic carbocycles. The van der Waals surface area contributed by atoms with Gasteiger partial charge in [-0.3, -0.25) is 9.69 Å². The fourth-order valence-corrected chi connectivity index (χ4v) is 4.62. The molecular formula is C29H36N8O3+. The number of fused-ring (bicyclic) bond motifs is 1. The Labute approximate surface area is 234 Å². The van der Waals surface area contributed by atoms with Crippen LogP contribution in [0.1, 0.15) is 43.1 Å².